The van der Waals surface area contributed by atoms with Crippen molar-refractivity contribution in [2.75, 3.05) is 20.1 Å². The molecular weight excluding hydrogens is 469 g/mol. The van der Waals surface area contributed by atoms with Crippen molar-refractivity contribution in [3.63, 3.8) is 0 Å². The number of hydrogen-bond donors (Lipinski definition) is 1. The summed E-state index contributed by atoms with van der Waals surface area (Å²) in [5.74, 6) is -1.12. The van der Waals surface area contributed by atoms with Crippen LogP contribution in [0.1, 0.15) is 26.3 Å². The first-order valence-corrected chi connectivity index (χ1v) is 12.3. The fourth-order valence-corrected chi connectivity index (χ4v) is 4.22. The number of hydrogen-bond acceptors (Lipinski definition) is 4. The van der Waals surface area contributed by atoms with Gasteiger partial charge in [-0.25, -0.2) is 12.8 Å². The summed E-state index contributed by atoms with van der Waals surface area (Å²) in [7, 11) is -2.66. The molecule has 0 aliphatic rings. The van der Waals surface area contributed by atoms with Crippen LogP contribution in [0.5, 0.6) is 0 Å². The van der Waals surface area contributed by atoms with E-state index in [2.05, 4.69) is 5.32 Å². The molecule has 0 fully saturated rings. The third kappa shape index (κ3) is 7.52. The SMILES string of the molecule is CC(C)CNC(=O)[C@@H](C)N(Cc1ccc(F)cc1)C(=O)CN(C)S(=O)(=O)c1ccc(Cl)cc1. The molecule has 0 saturated heterocycles. The minimum atomic E-state index is -3.95. The lowest BCUT2D eigenvalue weighted by Crippen LogP contribution is -2.51. The zero-order valence-corrected chi connectivity index (χ0v) is 20.7. The Bertz CT molecular complexity index is 1060. The van der Waals surface area contributed by atoms with Crippen LogP contribution in [0.25, 0.3) is 0 Å². The molecule has 1 N–H and O–H groups in total. The van der Waals surface area contributed by atoms with E-state index >= 15 is 0 Å². The van der Waals surface area contributed by atoms with E-state index in [4.69, 9.17) is 11.6 Å². The first-order chi connectivity index (χ1) is 15.4. The molecule has 0 heterocycles. The van der Waals surface area contributed by atoms with Crippen molar-refractivity contribution in [2.45, 2.75) is 38.3 Å². The van der Waals surface area contributed by atoms with Crippen LogP contribution in [0.15, 0.2) is 53.4 Å². The second kappa shape index (κ2) is 11.6. The zero-order valence-electron chi connectivity index (χ0n) is 19.1. The van der Waals surface area contributed by atoms with E-state index < -0.39 is 34.3 Å². The topological polar surface area (TPSA) is 86.8 Å². The molecule has 2 amide bonds. The summed E-state index contributed by atoms with van der Waals surface area (Å²) in [5.41, 5.74) is 0.608. The van der Waals surface area contributed by atoms with Crippen LogP contribution in [-0.4, -0.2) is 55.6 Å². The van der Waals surface area contributed by atoms with Gasteiger partial charge < -0.3 is 10.2 Å². The quantitative estimate of drug-likeness (QED) is 0.545. The molecule has 0 bridgehead atoms. The van der Waals surface area contributed by atoms with Crippen LogP contribution in [-0.2, 0) is 26.2 Å². The number of likely N-dealkylation sites (N-methyl/N-ethyl adjacent to an activating group) is 1. The Morgan fingerprint density at radius 1 is 1.03 bits per heavy atom. The van der Waals surface area contributed by atoms with Gasteiger partial charge in [0.05, 0.1) is 11.4 Å². The highest BCUT2D eigenvalue weighted by Gasteiger charge is 2.30. The molecule has 2 aromatic carbocycles. The third-order valence-corrected chi connectivity index (χ3v) is 7.07. The van der Waals surface area contributed by atoms with Gasteiger partial charge in [0.15, 0.2) is 0 Å². The fourth-order valence-electron chi connectivity index (χ4n) is 2.97. The summed E-state index contributed by atoms with van der Waals surface area (Å²) in [6, 6.07) is 10.3. The van der Waals surface area contributed by atoms with Crippen LogP contribution in [0.2, 0.25) is 5.02 Å². The van der Waals surface area contributed by atoms with Gasteiger partial charge in [-0.3, -0.25) is 9.59 Å². The van der Waals surface area contributed by atoms with Crippen molar-refractivity contribution >= 4 is 33.4 Å². The van der Waals surface area contributed by atoms with Gasteiger partial charge in [0, 0.05) is 25.2 Å². The van der Waals surface area contributed by atoms with Crippen molar-refractivity contribution in [1.29, 1.82) is 0 Å². The Balaban J connectivity index is 2.24. The molecule has 10 heteroatoms. The predicted molar refractivity (Wildman–Crippen MR) is 126 cm³/mol. The van der Waals surface area contributed by atoms with Gasteiger partial charge in [0.25, 0.3) is 0 Å². The van der Waals surface area contributed by atoms with E-state index in [0.29, 0.717) is 17.1 Å². The highest BCUT2D eigenvalue weighted by atomic mass is 35.5. The standard InChI is InChI=1S/C23H29ClFN3O4S/c1-16(2)13-26-23(30)17(3)28(14-18-5-9-20(25)10-6-18)22(29)15-27(4)33(31,32)21-11-7-19(24)8-12-21/h5-12,16-17H,13-15H2,1-4H3,(H,26,30)/t17-/m1/s1. The van der Waals surface area contributed by atoms with Crippen LogP contribution >= 0.6 is 11.6 Å². The Labute approximate surface area is 199 Å². The van der Waals surface area contributed by atoms with Crippen LogP contribution in [0.3, 0.4) is 0 Å². The highest BCUT2D eigenvalue weighted by molar-refractivity contribution is 7.89. The monoisotopic (exact) mass is 497 g/mol. The second-order valence-corrected chi connectivity index (χ2v) is 10.7. The van der Waals surface area contributed by atoms with Crippen molar-refractivity contribution in [3.8, 4) is 0 Å². The maximum absolute atomic E-state index is 13.3. The smallest absolute Gasteiger partial charge is 0.243 e. The maximum atomic E-state index is 13.3. The van der Waals surface area contributed by atoms with Gasteiger partial charge in [0.1, 0.15) is 11.9 Å². The predicted octanol–water partition coefficient (Wildman–Crippen LogP) is 3.29. The number of nitrogens with zero attached hydrogens (tertiary/aromatic N) is 2. The number of rotatable bonds is 10. The van der Waals surface area contributed by atoms with E-state index in [1.807, 2.05) is 13.8 Å². The van der Waals surface area contributed by atoms with Crippen molar-refractivity contribution in [3.05, 3.63) is 64.9 Å². The summed E-state index contributed by atoms with van der Waals surface area (Å²) in [4.78, 5) is 27.1. The van der Waals surface area contributed by atoms with Crippen molar-refractivity contribution in [1.82, 2.24) is 14.5 Å². The number of nitrogens with one attached hydrogen (secondary N) is 1. The summed E-state index contributed by atoms with van der Waals surface area (Å²) in [6.07, 6.45) is 0. The van der Waals surface area contributed by atoms with Crippen LogP contribution < -0.4 is 5.32 Å². The minimum Gasteiger partial charge on any atom is -0.354 e. The minimum absolute atomic E-state index is 0.00462. The average Bonchev–Trinajstić information content (AvgIpc) is 2.76. The Hall–Kier alpha value is -2.49. The molecule has 0 saturated carbocycles. The van der Waals surface area contributed by atoms with Gasteiger partial charge in [-0.05, 0) is 54.8 Å². The zero-order chi connectivity index (χ0) is 24.8. The molecule has 2 aromatic rings. The van der Waals surface area contributed by atoms with E-state index in [0.717, 1.165) is 4.31 Å². The van der Waals surface area contributed by atoms with E-state index in [1.54, 1.807) is 6.92 Å². The maximum Gasteiger partial charge on any atom is 0.243 e. The van der Waals surface area contributed by atoms with Crippen molar-refractivity contribution < 1.29 is 22.4 Å². The summed E-state index contributed by atoms with van der Waals surface area (Å²) in [6.45, 7) is 5.45. The first kappa shape index (κ1) is 26.8. The normalized spacial score (nSPS) is 12.6. The third-order valence-electron chi connectivity index (χ3n) is 5.00. The van der Waals surface area contributed by atoms with Gasteiger partial charge in [0.2, 0.25) is 21.8 Å². The number of sulfonamides is 1. The molecule has 33 heavy (non-hydrogen) atoms. The van der Waals surface area contributed by atoms with E-state index in [1.165, 1.54) is 60.5 Å². The number of benzene rings is 2. The largest absolute Gasteiger partial charge is 0.354 e. The number of carbonyl (C=O) groups excluding carboxylic acids is 2. The van der Waals surface area contributed by atoms with Crippen molar-refractivity contribution in [2.24, 2.45) is 5.92 Å². The number of halogens is 2. The first-order valence-electron chi connectivity index (χ1n) is 10.5. The lowest BCUT2D eigenvalue weighted by molar-refractivity contribution is -0.140. The second-order valence-electron chi connectivity index (χ2n) is 8.18. The molecule has 0 aliphatic carbocycles. The molecule has 7 nitrogen and oxygen atoms in total. The molecular formula is C23H29ClFN3O4S. The number of carbonyl (C=O) groups is 2. The van der Waals surface area contributed by atoms with E-state index in [9.17, 15) is 22.4 Å². The summed E-state index contributed by atoms with van der Waals surface area (Å²) >= 11 is 5.83. The lowest BCUT2D eigenvalue weighted by Gasteiger charge is -2.30. The van der Waals surface area contributed by atoms with Gasteiger partial charge in [-0.2, -0.15) is 4.31 Å². The molecule has 2 rings (SSSR count). The molecule has 1 atom stereocenters. The Morgan fingerprint density at radius 2 is 1.61 bits per heavy atom. The van der Waals surface area contributed by atoms with Crippen LogP contribution in [0.4, 0.5) is 4.39 Å². The molecule has 0 aromatic heterocycles. The van der Waals surface area contributed by atoms with E-state index in [-0.39, 0.29) is 23.3 Å². The van der Waals surface area contributed by atoms with Gasteiger partial charge in [-0.1, -0.05) is 37.6 Å². The lowest BCUT2D eigenvalue weighted by atomic mass is 10.1. The van der Waals surface area contributed by atoms with Crippen LogP contribution in [0, 0.1) is 11.7 Å². The fraction of sp³-hybridized carbons (Fsp3) is 0.391. The Morgan fingerprint density at radius 3 is 2.15 bits per heavy atom. The highest BCUT2D eigenvalue weighted by Crippen LogP contribution is 2.18. The molecule has 0 aliphatic heterocycles. The number of amides is 2. The Kier molecular flexibility index (Phi) is 9.39. The molecule has 0 radical (unpaired) electrons. The molecule has 0 unspecified atom stereocenters. The van der Waals surface area contributed by atoms with Gasteiger partial charge in [-0.15, -0.1) is 0 Å². The van der Waals surface area contributed by atoms with Gasteiger partial charge >= 0.3 is 0 Å². The molecule has 180 valence electrons. The summed E-state index contributed by atoms with van der Waals surface area (Å²) in [5, 5.41) is 3.18. The molecule has 0 spiro atoms. The summed E-state index contributed by atoms with van der Waals surface area (Å²) < 4.78 is 40.0. The average molecular weight is 498 g/mol.